The van der Waals surface area contributed by atoms with Crippen molar-refractivity contribution in [1.29, 1.82) is 0 Å². The Labute approximate surface area is 129 Å². The van der Waals surface area contributed by atoms with E-state index in [1.165, 1.54) is 12.1 Å². The SMILES string of the molecule is CCOC(C)c1ccc(C(=O)O)c(C(C)OCC)c1C(=O)O. The summed E-state index contributed by atoms with van der Waals surface area (Å²) in [7, 11) is 0. The zero-order valence-electron chi connectivity index (χ0n) is 13.3. The third-order valence-corrected chi connectivity index (χ3v) is 3.40. The highest BCUT2D eigenvalue weighted by molar-refractivity contribution is 5.98. The van der Waals surface area contributed by atoms with Gasteiger partial charge in [-0.05, 0) is 39.3 Å². The molecule has 22 heavy (non-hydrogen) atoms. The Balaban J connectivity index is 3.60. The second kappa shape index (κ2) is 7.91. The first-order valence-corrected chi connectivity index (χ1v) is 7.21. The molecular formula is C16H22O6. The Bertz CT molecular complexity index is 552. The van der Waals surface area contributed by atoms with Crippen molar-refractivity contribution in [2.75, 3.05) is 13.2 Å². The Morgan fingerprint density at radius 2 is 1.55 bits per heavy atom. The lowest BCUT2D eigenvalue weighted by Gasteiger charge is -2.22. The van der Waals surface area contributed by atoms with Gasteiger partial charge in [0.25, 0.3) is 0 Å². The molecule has 0 saturated carbocycles. The van der Waals surface area contributed by atoms with Crippen molar-refractivity contribution in [2.45, 2.75) is 39.9 Å². The predicted molar refractivity (Wildman–Crippen MR) is 80.4 cm³/mol. The first-order chi connectivity index (χ1) is 10.3. The van der Waals surface area contributed by atoms with Gasteiger partial charge in [0.05, 0.1) is 23.3 Å². The summed E-state index contributed by atoms with van der Waals surface area (Å²) in [5, 5.41) is 18.9. The number of carboxylic acid groups (broad SMARTS) is 2. The number of rotatable bonds is 8. The molecule has 2 unspecified atom stereocenters. The van der Waals surface area contributed by atoms with Crippen LogP contribution in [-0.4, -0.2) is 35.4 Å². The number of aromatic carboxylic acids is 2. The molecule has 1 aromatic carbocycles. The van der Waals surface area contributed by atoms with E-state index < -0.39 is 24.1 Å². The molecule has 1 aromatic rings. The Kier molecular flexibility index (Phi) is 6.52. The summed E-state index contributed by atoms with van der Waals surface area (Å²) < 4.78 is 10.9. The van der Waals surface area contributed by atoms with E-state index in [2.05, 4.69) is 0 Å². The highest BCUT2D eigenvalue weighted by atomic mass is 16.5. The first-order valence-electron chi connectivity index (χ1n) is 7.21. The van der Waals surface area contributed by atoms with Gasteiger partial charge in [0.2, 0.25) is 0 Å². The molecule has 0 aliphatic heterocycles. The van der Waals surface area contributed by atoms with E-state index in [0.717, 1.165) is 0 Å². The highest BCUT2D eigenvalue weighted by Gasteiger charge is 2.28. The standard InChI is InChI=1S/C16H22O6/c1-5-21-9(3)11-7-8-12(15(17)18)13(10(4)22-6-2)14(11)16(19)20/h7-10H,5-6H2,1-4H3,(H,17,18)(H,19,20). The molecule has 6 nitrogen and oxygen atoms in total. The molecule has 2 N–H and O–H groups in total. The normalized spacial score (nSPS) is 13.6. The second-order valence-corrected chi connectivity index (χ2v) is 4.80. The average molecular weight is 310 g/mol. The largest absolute Gasteiger partial charge is 0.478 e. The molecular weight excluding hydrogens is 288 g/mol. The lowest BCUT2D eigenvalue weighted by molar-refractivity contribution is 0.0575. The molecule has 0 radical (unpaired) electrons. The minimum atomic E-state index is -1.19. The molecule has 6 heteroatoms. The van der Waals surface area contributed by atoms with Crippen LogP contribution in [0.2, 0.25) is 0 Å². The fourth-order valence-corrected chi connectivity index (χ4v) is 2.50. The van der Waals surface area contributed by atoms with Gasteiger partial charge in [-0.15, -0.1) is 0 Å². The van der Waals surface area contributed by atoms with Crippen molar-refractivity contribution in [3.63, 3.8) is 0 Å². The van der Waals surface area contributed by atoms with Crippen LogP contribution in [-0.2, 0) is 9.47 Å². The lowest BCUT2D eigenvalue weighted by Crippen LogP contribution is -2.18. The van der Waals surface area contributed by atoms with Crippen LogP contribution in [0.5, 0.6) is 0 Å². The van der Waals surface area contributed by atoms with Crippen LogP contribution in [0.25, 0.3) is 0 Å². The van der Waals surface area contributed by atoms with E-state index in [4.69, 9.17) is 9.47 Å². The predicted octanol–water partition coefficient (Wildman–Crippen LogP) is 3.28. The second-order valence-electron chi connectivity index (χ2n) is 4.80. The minimum Gasteiger partial charge on any atom is -0.478 e. The van der Waals surface area contributed by atoms with Crippen molar-refractivity contribution in [2.24, 2.45) is 0 Å². The lowest BCUT2D eigenvalue weighted by atomic mass is 9.90. The molecule has 0 fully saturated rings. The summed E-state index contributed by atoms with van der Waals surface area (Å²) >= 11 is 0. The quantitative estimate of drug-likeness (QED) is 0.765. The summed E-state index contributed by atoms with van der Waals surface area (Å²) in [4.78, 5) is 23.2. The molecule has 0 heterocycles. The minimum absolute atomic E-state index is 0.0539. The Morgan fingerprint density at radius 1 is 1.00 bits per heavy atom. The highest BCUT2D eigenvalue weighted by Crippen LogP contribution is 2.32. The van der Waals surface area contributed by atoms with Gasteiger partial charge in [0.1, 0.15) is 0 Å². The first kappa shape index (κ1) is 18.1. The monoisotopic (exact) mass is 310 g/mol. The van der Waals surface area contributed by atoms with Gasteiger partial charge in [-0.2, -0.15) is 0 Å². The number of ether oxygens (including phenoxy) is 2. The molecule has 0 amide bonds. The third-order valence-electron chi connectivity index (χ3n) is 3.40. The number of hydrogen-bond donors (Lipinski definition) is 2. The third kappa shape index (κ3) is 3.84. The smallest absolute Gasteiger partial charge is 0.336 e. The van der Waals surface area contributed by atoms with Gasteiger partial charge in [0, 0.05) is 18.8 Å². The van der Waals surface area contributed by atoms with E-state index >= 15 is 0 Å². The molecule has 2 atom stereocenters. The number of carbonyl (C=O) groups is 2. The maximum atomic E-state index is 11.7. The molecule has 1 rings (SSSR count). The Hall–Kier alpha value is -1.92. The van der Waals surface area contributed by atoms with E-state index in [9.17, 15) is 19.8 Å². The van der Waals surface area contributed by atoms with Crippen molar-refractivity contribution >= 4 is 11.9 Å². The molecule has 0 aromatic heterocycles. The average Bonchev–Trinajstić information content (AvgIpc) is 2.45. The summed E-state index contributed by atoms with van der Waals surface area (Å²) in [5.41, 5.74) is 0.499. The van der Waals surface area contributed by atoms with Gasteiger partial charge < -0.3 is 19.7 Å². The number of benzene rings is 1. The van der Waals surface area contributed by atoms with Gasteiger partial charge in [-0.25, -0.2) is 9.59 Å². The van der Waals surface area contributed by atoms with Crippen molar-refractivity contribution in [1.82, 2.24) is 0 Å². The van der Waals surface area contributed by atoms with Crippen LogP contribution < -0.4 is 0 Å². The fourth-order valence-electron chi connectivity index (χ4n) is 2.50. The summed E-state index contributed by atoms with van der Waals surface area (Å²) in [6.07, 6.45) is -1.09. The summed E-state index contributed by atoms with van der Waals surface area (Å²) in [5.74, 6) is -2.37. The van der Waals surface area contributed by atoms with Crippen LogP contribution >= 0.6 is 0 Å². The zero-order chi connectivity index (χ0) is 16.9. The summed E-state index contributed by atoms with van der Waals surface area (Å²) in [6, 6.07) is 2.90. The van der Waals surface area contributed by atoms with Crippen molar-refractivity contribution in [3.8, 4) is 0 Å². The van der Waals surface area contributed by atoms with E-state index in [1.54, 1.807) is 20.8 Å². The molecule has 0 aliphatic rings. The number of carboxylic acids is 2. The van der Waals surface area contributed by atoms with Gasteiger partial charge in [-0.1, -0.05) is 6.07 Å². The molecule has 0 spiro atoms. The zero-order valence-corrected chi connectivity index (χ0v) is 13.3. The van der Waals surface area contributed by atoms with Gasteiger partial charge in [-0.3, -0.25) is 0 Å². The van der Waals surface area contributed by atoms with Crippen LogP contribution in [0.1, 0.15) is 71.7 Å². The molecule has 0 bridgehead atoms. The maximum absolute atomic E-state index is 11.7. The topological polar surface area (TPSA) is 93.1 Å². The number of hydrogen-bond acceptors (Lipinski definition) is 4. The van der Waals surface area contributed by atoms with Crippen LogP contribution in [0.3, 0.4) is 0 Å². The van der Waals surface area contributed by atoms with Crippen molar-refractivity contribution < 1.29 is 29.3 Å². The van der Waals surface area contributed by atoms with E-state index in [0.29, 0.717) is 18.8 Å². The Morgan fingerprint density at radius 3 is 2.00 bits per heavy atom. The summed E-state index contributed by atoms with van der Waals surface area (Å²) in [6.45, 7) is 7.74. The van der Waals surface area contributed by atoms with Crippen LogP contribution in [0.4, 0.5) is 0 Å². The van der Waals surface area contributed by atoms with Crippen LogP contribution in [0, 0.1) is 0 Å². The van der Waals surface area contributed by atoms with E-state index in [-0.39, 0.29) is 16.7 Å². The molecule has 0 aliphatic carbocycles. The molecule has 0 saturated heterocycles. The fraction of sp³-hybridized carbons (Fsp3) is 0.500. The van der Waals surface area contributed by atoms with Crippen molar-refractivity contribution in [3.05, 3.63) is 34.4 Å². The van der Waals surface area contributed by atoms with E-state index in [1.807, 2.05) is 6.92 Å². The van der Waals surface area contributed by atoms with Gasteiger partial charge >= 0.3 is 11.9 Å². The maximum Gasteiger partial charge on any atom is 0.336 e. The molecule has 122 valence electrons. The van der Waals surface area contributed by atoms with Crippen LogP contribution in [0.15, 0.2) is 12.1 Å². The van der Waals surface area contributed by atoms with Gasteiger partial charge in [0.15, 0.2) is 0 Å².